The summed E-state index contributed by atoms with van der Waals surface area (Å²) in [6.07, 6.45) is 4.22. The fourth-order valence-corrected chi connectivity index (χ4v) is 3.18. The Bertz CT molecular complexity index is 422. The molecule has 1 saturated carbocycles. The number of hydrogen-bond donors (Lipinski definition) is 1. The Balaban J connectivity index is 2.37. The Hall–Kier alpha value is -0.820. The summed E-state index contributed by atoms with van der Waals surface area (Å²) in [7, 11) is 0. The molecule has 2 atom stereocenters. The van der Waals surface area contributed by atoms with Crippen LogP contribution in [0, 0.1) is 26.7 Å². The van der Waals surface area contributed by atoms with Gasteiger partial charge in [-0.3, -0.25) is 0 Å². The summed E-state index contributed by atoms with van der Waals surface area (Å²) in [5, 5.41) is 10.9. The Morgan fingerprint density at radius 1 is 1.18 bits per heavy atom. The Kier molecular flexibility index (Phi) is 3.31. The van der Waals surface area contributed by atoms with E-state index in [1.54, 1.807) is 0 Å². The molecule has 2 unspecified atom stereocenters. The first kappa shape index (κ1) is 12.6. The maximum absolute atomic E-state index is 10.9. The molecule has 0 spiro atoms. The normalized spacial score (nSPS) is 28.6. The molecule has 17 heavy (non-hydrogen) atoms. The van der Waals surface area contributed by atoms with Crippen LogP contribution < -0.4 is 0 Å². The van der Waals surface area contributed by atoms with Gasteiger partial charge < -0.3 is 5.11 Å². The summed E-state index contributed by atoms with van der Waals surface area (Å²) in [6, 6.07) is 4.41. The first-order valence-electron chi connectivity index (χ1n) is 6.77. The minimum atomic E-state index is -0.566. The standard InChI is InChI=1S/C16H24O/c1-5-14-6-7-16(17,10-14)15-9-12(3)11(2)8-13(15)4/h8-9,14,17H,5-7,10H2,1-4H3. The molecule has 0 saturated heterocycles. The summed E-state index contributed by atoms with van der Waals surface area (Å²) in [4.78, 5) is 0. The van der Waals surface area contributed by atoms with Gasteiger partial charge in [-0.2, -0.15) is 0 Å². The lowest BCUT2D eigenvalue weighted by atomic mass is 9.85. The molecule has 1 fully saturated rings. The van der Waals surface area contributed by atoms with Gasteiger partial charge in [-0.1, -0.05) is 25.5 Å². The predicted octanol–water partition coefficient (Wildman–Crippen LogP) is 4.01. The van der Waals surface area contributed by atoms with Gasteiger partial charge in [0.25, 0.3) is 0 Å². The number of aryl methyl sites for hydroxylation is 3. The second-order valence-corrected chi connectivity index (χ2v) is 5.80. The lowest BCUT2D eigenvalue weighted by Crippen LogP contribution is -2.23. The van der Waals surface area contributed by atoms with E-state index in [0.717, 1.165) is 18.4 Å². The molecule has 1 aromatic rings. The molecular weight excluding hydrogens is 208 g/mol. The van der Waals surface area contributed by atoms with E-state index in [1.165, 1.54) is 29.5 Å². The van der Waals surface area contributed by atoms with Gasteiger partial charge in [0.15, 0.2) is 0 Å². The zero-order valence-corrected chi connectivity index (χ0v) is 11.5. The van der Waals surface area contributed by atoms with Crippen LogP contribution >= 0.6 is 0 Å². The van der Waals surface area contributed by atoms with Crippen LogP contribution in [0.1, 0.15) is 54.9 Å². The van der Waals surface area contributed by atoms with Crippen molar-refractivity contribution in [2.24, 2.45) is 5.92 Å². The molecule has 1 N–H and O–H groups in total. The second-order valence-electron chi connectivity index (χ2n) is 5.80. The predicted molar refractivity (Wildman–Crippen MR) is 72.2 cm³/mol. The molecule has 1 heteroatoms. The van der Waals surface area contributed by atoms with Gasteiger partial charge in [-0.15, -0.1) is 0 Å². The van der Waals surface area contributed by atoms with Crippen LogP contribution in [0.5, 0.6) is 0 Å². The van der Waals surface area contributed by atoms with Crippen molar-refractivity contribution in [3.05, 3.63) is 34.4 Å². The average molecular weight is 232 g/mol. The molecule has 0 aliphatic heterocycles. The van der Waals surface area contributed by atoms with Crippen LogP contribution in [0.25, 0.3) is 0 Å². The van der Waals surface area contributed by atoms with Crippen molar-refractivity contribution < 1.29 is 5.11 Å². The molecule has 0 amide bonds. The number of hydrogen-bond acceptors (Lipinski definition) is 1. The van der Waals surface area contributed by atoms with Gasteiger partial charge in [0.2, 0.25) is 0 Å². The largest absolute Gasteiger partial charge is 0.385 e. The van der Waals surface area contributed by atoms with E-state index in [0.29, 0.717) is 5.92 Å². The van der Waals surface area contributed by atoms with E-state index in [4.69, 9.17) is 0 Å². The highest BCUT2D eigenvalue weighted by atomic mass is 16.3. The minimum Gasteiger partial charge on any atom is -0.385 e. The van der Waals surface area contributed by atoms with Gasteiger partial charge >= 0.3 is 0 Å². The molecule has 1 nitrogen and oxygen atoms in total. The van der Waals surface area contributed by atoms with E-state index < -0.39 is 5.60 Å². The third kappa shape index (κ3) is 2.26. The Morgan fingerprint density at radius 2 is 1.82 bits per heavy atom. The number of rotatable bonds is 2. The Morgan fingerprint density at radius 3 is 2.41 bits per heavy atom. The maximum atomic E-state index is 10.9. The fourth-order valence-electron chi connectivity index (χ4n) is 3.18. The van der Waals surface area contributed by atoms with E-state index in [2.05, 4.69) is 39.8 Å². The third-order valence-electron chi connectivity index (χ3n) is 4.51. The minimum absolute atomic E-state index is 0.566. The average Bonchev–Trinajstić information content (AvgIpc) is 2.66. The molecule has 0 radical (unpaired) electrons. The molecule has 0 aromatic heterocycles. The van der Waals surface area contributed by atoms with Gasteiger partial charge in [0.05, 0.1) is 5.60 Å². The summed E-state index contributed by atoms with van der Waals surface area (Å²) >= 11 is 0. The lowest BCUT2D eigenvalue weighted by molar-refractivity contribution is 0.0391. The van der Waals surface area contributed by atoms with Gasteiger partial charge in [-0.25, -0.2) is 0 Å². The first-order chi connectivity index (χ1) is 7.96. The van der Waals surface area contributed by atoms with Crippen molar-refractivity contribution in [3.8, 4) is 0 Å². The lowest BCUT2D eigenvalue weighted by Gasteiger charge is -2.26. The van der Waals surface area contributed by atoms with E-state index in [9.17, 15) is 5.11 Å². The van der Waals surface area contributed by atoms with Crippen LogP contribution in [0.15, 0.2) is 12.1 Å². The topological polar surface area (TPSA) is 20.2 Å². The maximum Gasteiger partial charge on any atom is 0.0902 e. The summed E-state index contributed by atoms with van der Waals surface area (Å²) in [5.41, 5.74) is 4.45. The van der Waals surface area contributed by atoms with E-state index in [1.807, 2.05) is 0 Å². The van der Waals surface area contributed by atoms with Crippen molar-refractivity contribution in [1.29, 1.82) is 0 Å². The molecular formula is C16H24O. The third-order valence-corrected chi connectivity index (χ3v) is 4.51. The molecule has 0 heterocycles. The smallest absolute Gasteiger partial charge is 0.0902 e. The quantitative estimate of drug-likeness (QED) is 0.817. The molecule has 2 rings (SSSR count). The fraction of sp³-hybridized carbons (Fsp3) is 0.625. The monoisotopic (exact) mass is 232 g/mol. The van der Waals surface area contributed by atoms with Crippen LogP contribution in [-0.2, 0) is 5.60 Å². The van der Waals surface area contributed by atoms with Gasteiger partial charge in [-0.05, 0) is 68.2 Å². The second kappa shape index (κ2) is 4.45. The van der Waals surface area contributed by atoms with Crippen LogP contribution in [0.3, 0.4) is 0 Å². The highest BCUT2D eigenvalue weighted by Crippen LogP contribution is 2.44. The highest BCUT2D eigenvalue weighted by molar-refractivity contribution is 5.40. The first-order valence-corrected chi connectivity index (χ1v) is 6.77. The van der Waals surface area contributed by atoms with E-state index in [-0.39, 0.29) is 0 Å². The van der Waals surface area contributed by atoms with Crippen molar-refractivity contribution in [1.82, 2.24) is 0 Å². The SMILES string of the molecule is CCC1CCC(O)(c2cc(C)c(C)cc2C)C1. The number of benzene rings is 1. The molecule has 1 aliphatic carbocycles. The summed E-state index contributed by atoms with van der Waals surface area (Å²) < 4.78 is 0. The van der Waals surface area contributed by atoms with Gasteiger partial charge in [0, 0.05) is 0 Å². The summed E-state index contributed by atoms with van der Waals surface area (Å²) in [5.74, 6) is 0.695. The molecule has 0 bridgehead atoms. The van der Waals surface area contributed by atoms with Crippen molar-refractivity contribution >= 4 is 0 Å². The zero-order valence-electron chi connectivity index (χ0n) is 11.5. The van der Waals surface area contributed by atoms with Crippen molar-refractivity contribution in [2.45, 2.75) is 59.0 Å². The van der Waals surface area contributed by atoms with Crippen LogP contribution in [-0.4, -0.2) is 5.11 Å². The van der Waals surface area contributed by atoms with E-state index >= 15 is 0 Å². The highest BCUT2D eigenvalue weighted by Gasteiger charge is 2.38. The molecule has 1 aromatic carbocycles. The van der Waals surface area contributed by atoms with Crippen LogP contribution in [0.2, 0.25) is 0 Å². The molecule has 94 valence electrons. The zero-order chi connectivity index (χ0) is 12.6. The van der Waals surface area contributed by atoms with Gasteiger partial charge in [0.1, 0.15) is 0 Å². The Labute approximate surface area is 105 Å². The van der Waals surface area contributed by atoms with Crippen LogP contribution in [0.4, 0.5) is 0 Å². The number of aliphatic hydroxyl groups is 1. The van der Waals surface area contributed by atoms with Crippen molar-refractivity contribution in [2.75, 3.05) is 0 Å². The summed E-state index contributed by atoms with van der Waals surface area (Å²) in [6.45, 7) is 8.62. The van der Waals surface area contributed by atoms with Crippen molar-refractivity contribution in [3.63, 3.8) is 0 Å². The molecule has 1 aliphatic rings.